The smallest absolute Gasteiger partial charge is 0.236 e. The van der Waals surface area contributed by atoms with Gasteiger partial charge in [-0.3, -0.25) is 9.69 Å². The summed E-state index contributed by atoms with van der Waals surface area (Å²) in [6, 6.07) is 0. The zero-order chi connectivity index (χ0) is 12.2. The fraction of sp³-hybridized carbons (Fsp3) is 0.917. The molecule has 1 saturated heterocycles. The molecule has 1 rings (SSSR count). The van der Waals surface area contributed by atoms with E-state index in [1.54, 1.807) is 0 Å². The molecule has 94 valence electrons. The van der Waals surface area contributed by atoms with Gasteiger partial charge in [0.25, 0.3) is 0 Å². The van der Waals surface area contributed by atoms with Gasteiger partial charge in [0, 0.05) is 31.7 Å². The molecule has 0 spiro atoms. The van der Waals surface area contributed by atoms with Gasteiger partial charge in [-0.2, -0.15) is 0 Å². The molecule has 1 aliphatic rings. The molecule has 1 fully saturated rings. The zero-order valence-electron chi connectivity index (χ0n) is 11.0. The molecule has 0 atom stereocenters. The van der Waals surface area contributed by atoms with Crippen LogP contribution in [0.1, 0.15) is 27.7 Å². The Hall–Kier alpha value is -0.610. The van der Waals surface area contributed by atoms with E-state index in [9.17, 15) is 4.79 Å². The fourth-order valence-electron chi connectivity index (χ4n) is 1.97. The second-order valence-electron chi connectivity index (χ2n) is 5.32. The Morgan fingerprint density at radius 3 is 2.19 bits per heavy atom. The number of carbonyl (C=O) groups is 1. The van der Waals surface area contributed by atoms with Gasteiger partial charge in [0.05, 0.1) is 6.54 Å². The molecule has 0 aromatic rings. The highest BCUT2D eigenvalue weighted by Gasteiger charge is 2.27. The Morgan fingerprint density at radius 1 is 1.19 bits per heavy atom. The number of likely N-dealkylation sites (N-methyl/N-ethyl adjacent to an activating group) is 1. The van der Waals surface area contributed by atoms with Gasteiger partial charge < -0.3 is 10.2 Å². The van der Waals surface area contributed by atoms with Crippen molar-refractivity contribution in [3.05, 3.63) is 0 Å². The van der Waals surface area contributed by atoms with Crippen LogP contribution in [0.2, 0.25) is 0 Å². The van der Waals surface area contributed by atoms with E-state index in [0.717, 1.165) is 32.7 Å². The van der Waals surface area contributed by atoms with Crippen LogP contribution in [0.4, 0.5) is 0 Å². The Bertz CT molecular complexity index is 227. The molecule has 1 amide bonds. The van der Waals surface area contributed by atoms with Crippen molar-refractivity contribution in [1.29, 1.82) is 0 Å². The summed E-state index contributed by atoms with van der Waals surface area (Å²) in [6.45, 7) is 13.7. The monoisotopic (exact) mass is 227 g/mol. The number of hydrogen-bond acceptors (Lipinski definition) is 3. The van der Waals surface area contributed by atoms with Crippen LogP contribution in [-0.4, -0.2) is 60.5 Å². The first-order valence-electron chi connectivity index (χ1n) is 6.18. The van der Waals surface area contributed by atoms with Crippen molar-refractivity contribution in [2.45, 2.75) is 33.2 Å². The van der Waals surface area contributed by atoms with E-state index < -0.39 is 0 Å². The third-order valence-corrected chi connectivity index (χ3v) is 3.11. The molecule has 0 aromatic heterocycles. The van der Waals surface area contributed by atoms with Crippen LogP contribution in [-0.2, 0) is 4.79 Å². The second-order valence-corrected chi connectivity index (χ2v) is 5.32. The molecule has 0 saturated carbocycles. The number of rotatable bonds is 3. The third kappa shape index (κ3) is 3.76. The van der Waals surface area contributed by atoms with Crippen molar-refractivity contribution in [1.82, 2.24) is 15.1 Å². The maximum absolute atomic E-state index is 11.8. The normalized spacial score (nSPS) is 18.9. The van der Waals surface area contributed by atoms with Crippen LogP contribution in [0.3, 0.4) is 0 Å². The predicted molar refractivity (Wildman–Crippen MR) is 66.4 cm³/mol. The van der Waals surface area contributed by atoms with Gasteiger partial charge in [0.15, 0.2) is 0 Å². The first-order valence-corrected chi connectivity index (χ1v) is 6.18. The van der Waals surface area contributed by atoms with E-state index in [4.69, 9.17) is 0 Å². The molecule has 1 N–H and O–H groups in total. The maximum atomic E-state index is 11.8. The molecule has 1 aliphatic heterocycles. The van der Waals surface area contributed by atoms with E-state index in [1.807, 2.05) is 11.8 Å². The predicted octanol–water partition coefficient (Wildman–Crippen LogP) is 0.539. The number of hydrogen-bond donors (Lipinski definition) is 1. The van der Waals surface area contributed by atoms with Crippen molar-refractivity contribution in [3.8, 4) is 0 Å². The lowest BCUT2D eigenvalue weighted by atomic mass is 10.1. The summed E-state index contributed by atoms with van der Waals surface area (Å²) in [6.07, 6.45) is 0. The van der Waals surface area contributed by atoms with Crippen molar-refractivity contribution in [3.63, 3.8) is 0 Å². The zero-order valence-corrected chi connectivity index (χ0v) is 11.0. The summed E-state index contributed by atoms with van der Waals surface area (Å²) < 4.78 is 0. The van der Waals surface area contributed by atoms with Crippen LogP contribution >= 0.6 is 0 Å². The van der Waals surface area contributed by atoms with E-state index in [1.165, 1.54) is 0 Å². The first-order chi connectivity index (χ1) is 7.45. The fourth-order valence-corrected chi connectivity index (χ4v) is 1.97. The van der Waals surface area contributed by atoms with Crippen molar-refractivity contribution in [2.75, 3.05) is 39.3 Å². The highest BCUT2D eigenvalue weighted by Crippen LogP contribution is 2.15. The van der Waals surface area contributed by atoms with E-state index in [-0.39, 0.29) is 11.4 Å². The number of nitrogens with zero attached hydrogens (tertiary/aromatic N) is 2. The molecule has 0 aliphatic carbocycles. The molecular formula is C12H25N3O. The van der Waals surface area contributed by atoms with Gasteiger partial charge in [0.1, 0.15) is 0 Å². The highest BCUT2D eigenvalue weighted by atomic mass is 16.2. The molecular weight excluding hydrogens is 202 g/mol. The van der Waals surface area contributed by atoms with Crippen molar-refractivity contribution < 1.29 is 4.79 Å². The molecule has 16 heavy (non-hydrogen) atoms. The SMILES string of the molecule is CCNCC(=O)N1CCN(C(C)(C)C)CC1. The van der Waals surface area contributed by atoms with Crippen LogP contribution < -0.4 is 5.32 Å². The molecule has 0 unspecified atom stereocenters. The lowest BCUT2D eigenvalue weighted by molar-refractivity contribution is -0.132. The summed E-state index contributed by atoms with van der Waals surface area (Å²) in [5.74, 6) is 0.232. The van der Waals surface area contributed by atoms with Gasteiger partial charge in [-0.15, -0.1) is 0 Å². The van der Waals surface area contributed by atoms with Gasteiger partial charge in [-0.25, -0.2) is 0 Å². The number of piperazine rings is 1. The lowest BCUT2D eigenvalue weighted by Gasteiger charge is -2.42. The molecule has 4 heteroatoms. The minimum Gasteiger partial charge on any atom is -0.339 e. The van der Waals surface area contributed by atoms with E-state index >= 15 is 0 Å². The first kappa shape index (κ1) is 13.5. The Labute approximate surface area is 99.0 Å². The highest BCUT2D eigenvalue weighted by molar-refractivity contribution is 5.78. The van der Waals surface area contributed by atoms with Crippen molar-refractivity contribution in [2.24, 2.45) is 0 Å². The van der Waals surface area contributed by atoms with Gasteiger partial charge >= 0.3 is 0 Å². The van der Waals surface area contributed by atoms with E-state index in [0.29, 0.717) is 6.54 Å². The largest absolute Gasteiger partial charge is 0.339 e. The summed E-state index contributed by atoms with van der Waals surface area (Å²) in [4.78, 5) is 16.2. The van der Waals surface area contributed by atoms with Crippen LogP contribution in [0.25, 0.3) is 0 Å². The van der Waals surface area contributed by atoms with Gasteiger partial charge in [0.2, 0.25) is 5.91 Å². The van der Waals surface area contributed by atoms with Gasteiger partial charge in [-0.05, 0) is 27.3 Å². The minimum atomic E-state index is 0.219. The van der Waals surface area contributed by atoms with Crippen LogP contribution in [0.15, 0.2) is 0 Å². The summed E-state index contributed by atoms with van der Waals surface area (Å²) >= 11 is 0. The van der Waals surface area contributed by atoms with Crippen LogP contribution in [0.5, 0.6) is 0 Å². The Kier molecular flexibility index (Phi) is 4.74. The average Bonchev–Trinajstić information content (AvgIpc) is 2.25. The standard InChI is InChI=1S/C12H25N3O/c1-5-13-10-11(16)14-6-8-15(9-7-14)12(2,3)4/h13H,5-10H2,1-4H3. The van der Waals surface area contributed by atoms with Crippen molar-refractivity contribution >= 4 is 5.91 Å². The molecule has 4 nitrogen and oxygen atoms in total. The van der Waals surface area contributed by atoms with Gasteiger partial charge in [-0.1, -0.05) is 6.92 Å². The summed E-state index contributed by atoms with van der Waals surface area (Å²) in [7, 11) is 0. The summed E-state index contributed by atoms with van der Waals surface area (Å²) in [5, 5.41) is 3.08. The Morgan fingerprint density at radius 2 is 1.75 bits per heavy atom. The number of amides is 1. The summed E-state index contributed by atoms with van der Waals surface area (Å²) in [5.41, 5.74) is 0.219. The maximum Gasteiger partial charge on any atom is 0.236 e. The van der Waals surface area contributed by atoms with E-state index in [2.05, 4.69) is 31.0 Å². The average molecular weight is 227 g/mol. The minimum absolute atomic E-state index is 0.219. The van der Waals surface area contributed by atoms with Crippen LogP contribution in [0, 0.1) is 0 Å². The quantitative estimate of drug-likeness (QED) is 0.764. The second kappa shape index (κ2) is 5.64. The Balaban J connectivity index is 2.34. The number of carbonyl (C=O) groups excluding carboxylic acids is 1. The molecule has 0 bridgehead atoms. The molecule has 0 radical (unpaired) electrons. The number of nitrogens with one attached hydrogen (secondary N) is 1. The molecule has 1 heterocycles. The lowest BCUT2D eigenvalue weighted by Crippen LogP contribution is -2.55. The molecule has 0 aromatic carbocycles. The third-order valence-electron chi connectivity index (χ3n) is 3.11. The topological polar surface area (TPSA) is 35.6 Å².